The largest absolute Gasteiger partial charge is 0.480 e. The fraction of sp³-hybridized carbons (Fsp3) is 0.703. The molecule has 0 spiro atoms. The van der Waals surface area contributed by atoms with Gasteiger partial charge in [0.25, 0.3) is 0 Å². The van der Waals surface area contributed by atoms with E-state index in [0.29, 0.717) is 12.8 Å². The number of phosphoric ester groups is 1. The van der Waals surface area contributed by atoms with Crippen molar-refractivity contribution in [3.63, 3.8) is 0 Å². The van der Waals surface area contributed by atoms with Crippen LogP contribution in [0.4, 0.5) is 0 Å². The Balaban J connectivity index is 4.56. The highest BCUT2D eigenvalue weighted by molar-refractivity contribution is 7.47. The molecule has 0 bridgehead atoms. The van der Waals surface area contributed by atoms with E-state index in [0.717, 1.165) is 57.8 Å². The number of carbonyl (C=O) groups is 3. The Kier molecular flexibility index (Phi) is 30.9. The number of phosphoric acid groups is 1. The number of unbranched alkanes of at least 4 members (excludes halogenated alkanes) is 11. The van der Waals surface area contributed by atoms with Gasteiger partial charge in [-0.3, -0.25) is 23.4 Å². The summed E-state index contributed by atoms with van der Waals surface area (Å²) in [5.74, 6) is -2.44. The van der Waals surface area contributed by atoms with Gasteiger partial charge in [0, 0.05) is 12.8 Å². The second-order valence-electron chi connectivity index (χ2n) is 12.0. The molecular weight excluding hydrogens is 649 g/mol. The van der Waals surface area contributed by atoms with Crippen molar-refractivity contribution in [2.75, 3.05) is 19.8 Å². The van der Waals surface area contributed by atoms with Gasteiger partial charge in [0.15, 0.2) is 6.10 Å². The highest BCUT2D eigenvalue weighted by atomic mass is 31.2. The number of esters is 2. The van der Waals surface area contributed by atoms with E-state index in [1.165, 1.54) is 38.5 Å². The standard InChI is InChI=1S/C37H64NO10P/c1-3-5-7-9-11-13-15-16-17-18-19-21-23-25-27-29-36(40)48-33(31-46-49(43,44)47-32-34(38)37(41)42)30-45-35(39)28-26-24-22-20-14-12-10-8-6-4-2/h5,7,11,13,16-17,19,21,33-34H,3-4,6,8-10,12,14-15,18,20,22-32,38H2,1-2H3,(H,41,42)(H,43,44)/b7-5-,13-11-,17-16-,21-19-. The third-order valence-corrected chi connectivity index (χ3v) is 8.29. The summed E-state index contributed by atoms with van der Waals surface area (Å²) in [6.07, 6.45) is 33.4. The summed E-state index contributed by atoms with van der Waals surface area (Å²) in [7, 11) is -4.72. The lowest BCUT2D eigenvalue weighted by molar-refractivity contribution is -0.161. The first-order valence-corrected chi connectivity index (χ1v) is 19.7. The van der Waals surface area contributed by atoms with Gasteiger partial charge in [-0.25, -0.2) is 4.57 Å². The predicted octanol–water partition coefficient (Wildman–Crippen LogP) is 8.66. The molecule has 0 aromatic heterocycles. The van der Waals surface area contributed by atoms with Crippen LogP contribution >= 0.6 is 7.82 Å². The lowest BCUT2D eigenvalue weighted by Gasteiger charge is -2.20. The zero-order chi connectivity index (χ0) is 36.4. The number of carbonyl (C=O) groups excluding carboxylic acids is 2. The minimum absolute atomic E-state index is 0.108. The minimum atomic E-state index is -4.72. The van der Waals surface area contributed by atoms with E-state index in [1.807, 2.05) is 0 Å². The first-order valence-electron chi connectivity index (χ1n) is 18.2. The molecule has 49 heavy (non-hydrogen) atoms. The normalized spacial score (nSPS) is 14.5. The van der Waals surface area contributed by atoms with E-state index in [-0.39, 0.29) is 19.4 Å². The van der Waals surface area contributed by atoms with E-state index in [2.05, 4.69) is 67.0 Å². The molecular formula is C37H64NO10P. The highest BCUT2D eigenvalue weighted by Gasteiger charge is 2.28. The first kappa shape index (κ1) is 46.4. The Morgan fingerprint density at radius 1 is 0.653 bits per heavy atom. The van der Waals surface area contributed by atoms with Gasteiger partial charge in [0.2, 0.25) is 0 Å². The molecule has 0 radical (unpaired) electrons. The molecule has 0 rings (SSSR count). The van der Waals surface area contributed by atoms with Crippen molar-refractivity contribution >= 4 is 25.7 Å². The number of hydrogen-bond acceptors (Lipinski definition) is 9. The van der Waals surface area contributed by atoms with Gasteiger partial charge in [0.1, 0.15) is 12.6 Å². The van der Waals surface area contributed by atoms with Crippen LogP contribution in [0, 0.1) is 0 Å². The summed E-state index contributed by atoms with van der Waals surface area (Å²) in [4.78, 5) is 45.6. The number of ether oxygens (including phenoxy) is 2. The van der Waals surface area contributed by atoms with E-state index in [4.69, 9.17) is 24.8 Å². The third kappa shape index (κ3) is 32.4. The van der Waals surface area contributed by atoms with Crippen molar-refractivity contribution in [1.29, 1.82) is 0 Å². The summed E-state index contributed by atoms with van der Waals surface area (Å²) < 4.78 is 32.4. The predicted molar refractivity (Wildman–Crippen MR) is 194 cm³/mol. The molecule has 12 heteroatoms. The van der Waals surface area contributed by atoms with Crippen molar-refractivity contribution in [3.8, 4) is 0 Å². The molecule has 0 fully saturated rings. The maximum Gasteiger partial charge on any atom is 0.472 e. The molecule has 0 aliphatic rings. The molecule has 11 nitrogen and oxygen atoms in total. The summed E-state index contributed by atoms with van der Waals surface area (Å²) in [6.45, 7) is 2.59. The van der Waals surface area contributed by atoms with Crippen LogP contribution in [-0.4, -0.2) is 59.9 Å². The fourth-order valence-corrected chi connectivity index (χ4v) is 5.24. The molecule has 282 valence electrons. The molecule has 0 aliphatic carbocycles. The first-order chi connectivity index (χ1) is 23.6. The Morgan fingerprint density at radius 3 is 1.71 bits per heavy atom. The maximum absolute atomic E-state index is 12.5. The van der Waals surface area contributed by atoms with Gasteiger partial charge >= 0.3 is 25.7 Å². The molecule has 4 N–H and O–H groups in total. The van der Waals surface area contributed by atoms with Crippen LogP contribution in [0.15, 0.2) is 48.6 Å². The zero-order valence-electron chi connectivity index (χ0n) is 30.0. The van der Waals surface area contributed by atoms with Crippen LogP contribution in [-0.2, 0) is 37.5 Å². The van der Waals surface area contributed by atoms with Gasteiger partial charge in [-0.2, -0.15) is 0 Å². The Bertz CT molecular complexity index is 1030. The summed E-state index contributed by atoms with van der Waals surface area (Å²) in [5.41, 5.74) is 5.30. The van der Waals surface area contributed by atoms with Crippen LogP contribution in [0.5, 0.6) is 0 Å². The molecule has 0 heterocycles. The third-order valence-electron chi connectivity index (χ3n) is 7.34. The van der Waals surface area contributed by atoms with Crippen LogP contribution in [0.3, 0.4) is 0 Å². The summed E-state index contributed by atoms with van der Waals surface area (Å²) in [5, 5.41) is 8.84. The number of hydrogen-bond donors (Lipinski definition) is 3. The van der Waals surface area contributed by atoms with Gasteiger partial charge in [-0.15, -0.1) is 0 Å². The summed E-state index contributed by atoms with van der Waals surface area (Å²) >= 11 is 0. The molecule has 0 aliphatic heterocycles. The number of carboxylic acids is 1. The van der Waals surface area contributed by atoms with Crippen LogP contribution in [0.25, 0.3) is 0 Å². The maximum atomic E-state index is 12.5. The van der Waals surface area contributed by atoms with Gasteiger partial charge in [-0.05, 0) is 51.4 Å². The van der Waals surface area contributed by atoms with Crippen molar-refractivity contribution < 1.29 is 47.5 Å². The van der Waals surface area contributed by atoms with E-state index in [1.54, 1.807) is 0 Å². The molecule has 3 unspecified atom stereocenters. The van der Waals surface area contributed by atoms with Crippen molar-refractivity contribution in [2.45, 2.75) is 148 Å². The topological polar surface area (TPSA) is 172 Å². The average Bonchev–Trinajstić information content (AvgIpc) is 3.07. The SMILES string of the molecule is CC/C=C\C/C=C\C/C=C\C/C=C\CCCCC(=O)OC(COC(=O)CCCCCCCCCCCC)COP(=O)(O)OCC(N)C(=O)O. The van der Waals surface area contributed by atoms with E-state index in [9.17, 15) is 23.8 Å². The van der Waals surface area contributed by atoms with Gasteiger partial charge < -0.3 is 25.2 Å². The molecule has 3 atom stereocenters. The van der Waals surface area contributed by atoms with Crippen molar-refractivity contribution in [3.05, 3.63) is 48.6 Å². The highest BCUT2D eigenvalue weighted by Crippen LogP contribution is 2.43. The summed E-state index contributed by atoms with van der Waals surface area (Å²) in [6, 6.07) is -1.53. The molecule has 0 saturated carbocycles. The molecule has 0 saturated heterocycles. The second kappa shape index (κ2) is 32.6. The molecule has 0 aromatic carbocycles. The molecule has 0 amide bonds. The van der Waals surface area contributed by atoms with Crippen LogP contribution in [0.1, 0.15) is 136 Å². The monoisotopic (exact) mass is 713 g/mol. The quantitative estimate of drug-likeness (QED) is 0.0257. The fourth-order valence-electron chi connectivity index (χ4n) is 4.47. The number of allylic oxidation sites excluding steroid dienone is 8. The zero-order valence-corrected chi connectivity index (χ0v) is 30.9. The number of carboxylic acid groups (broad SMARTS) is 1. The Morgan fingerprint density at radius 2 is 1.14 bits per heavy atom. The van der Waals surface area contributed by atoms with Crippen LogP contribution in [0.2, 0.25) is 0 Å². The van der Waals surface area contributed by atoms with Gasteiger partial charge in [-0.1, -0.05) is 120 Å². The van der Waals surface area contributed by atoms with Gasteiger partial charge in [0.05, 0.1) is 13.2 Å². The molecule has 0 aromatic rings. The Hall–Kier alpha value is -2.56. The minimum Gasteiger partial charge on any atom is -0.480 e. The lowest BCUT2D eigenvalue weighted by Crippen LogP contribution is -2.34. The van der Waals surface area contributed by atoms with Crippen molar-refractivity contribution in [2.24, 2.45) is 5.73 Å². The average molecular weight is 714 g/mol. The van der Waals surface area contributed by atoms with E-state index >= 15 is 0 Å². The number of aliphatic carboxylic acids is 1. The van der Waals surface area contributed by atoms with Crippen molar-refractivity contribution in [1.82, 2.24) is 0 Å². The Labute approximate surface area is 295 Å². The van der Waals surface area contributed by atoms with E-state index < -0.39 is 51.1 Å². The second-order valence-corrected chi connectivity index (χ2v) is 13.4. The lowest BCUT2D eigenvalue weighted by atomic mass is 10.1. The number of nitrogens with two attached hydrogens (primary N) is 1. The van der Waals surface area contributed by atoms with Crippen LogP contribution < -0.4 is 5.73 Å². The number of rotatable bonds is 33. The smallest absolute Gasteiger partial charge is 0.472 e.